The molecule has 1 heterocycles. The van der Waals surface area contributed by atoms with E-state index in [1.165, 1.54) is 22.8 Å². The average Bonchev–Trinajstić information content (AvgIpc) is 2.55. The minimum atomic E-state index is 0.655. The summed E-state index contributed by atoms with van der Waals surface area (Å²) in [5, 5.41) is 6.32. The van der Waals surface area contributed by atoms with E-state index in [4.69, 9.17) is 0 Å². The van der Waals surface area contributed by atoms with Crippen molar-refractivity contribution in [2.24, 2.45) is 5.92 Å². The van der Waals surface area contributed by atoms with E-state index in [0.29, 0.717) is 6.04 Å². The number of nitrogens with zero attached hydrogens (tertiary/aromatic N) is 1. The van der Waals surface area contributed by atoms with Crippen molar-refractivity contribution >= 4 is 10.8 Å². The van der Waals surface area contributed by atoms with E-state index in [1.807, 2.05) is 0 Å². The van der Waals surface area contributed by atoms with Gasteiger partial charge in [-0.1, -0.05) is 62.7 Å². The van der Waals surface area contributed by atoms with Crippen LogP contribution in [0.1, 0.15) is 25.8 Å². The highest BCUT2D eigenvalue weighted by Crippen LogP contribution is 2.23. The SMILES string of the molecule is CCC(C)C1CNCCN1Cc1cccc2ccccc12. The standard InChI is InChI=1S/C19H26N2/c1-3-15(2)19-13-20-11-12-21(19)14-17-9-6-8-16-7-4-5-10-18(16)17/h4-10,15,19-20H,3,11-14H2,1-2H3. The number of benzene rings is 2. The maximum absolute atomic E-state index is 3.56. The van der Waals surface area contributed by atoms with Crippen molar-refractivity contribution in [3.8, 4) is 0 Å². The monoisotopic (exact) mass is 282 g/mol. The summed E-state index contributed by atoms with van der Waals surface area (Å²) in [5.74, 6) is 0.743. The molecule has 2 aromatic rings. The number of fused-ring (bicyclic) bond motifs is 1. The molecule has 2 aromatic carbocycles. The summed E-state index contributed by atoms with van der Waals surface area (Å²) in [7, 11) is 0. The van der Waals surface area contributed by atoms with Crippen molar-refractivity contribution in [2.75, 3.05) is 19.6 Å². The Morgan fingerprint density at radius 1 is 1.19 bits per heavy atom. The number of nitrogens with one attached hydrogen (secondary N) is 1. The minimum Gasteiger partial charge on any atom is -0.314 e. The lowest BCUT2D eigenvalue weighted by molar-refractivity contribution is 0.109. The molecular weight excluding hydrogens is 256 g/mol. The molecule has 0 radical (unpaired) electrons. The fourth-order valence-electron chi connectivity index (χ4n) is 3.45. The van der Waals surface area contributed by atoms with Crippen molar-refractivity contribution < 1.29 is 0 Å². The van der Waals surface area contributed by atoms with E-state index in [2.05, 4.69) is 66.5 Å². The van der Waals surface area contributed by atoms with Crippen LogP contribution < -0.4 is 5.32 Å². The second kappa shape index (κ2) is 6.59. The highest BCUT2D eigenvalue weighted by molar-refractivity contribution is 5.85. The summed E-state index contributed by atoms with van der Waals surface area (Å²) in [6, 6.07) is 16.1. The van der Waals surface area contributed by atoms with Crippen molar-refractivity contribution in [1.29, 1.82) is 0 Å². The van der Waals surface area contributed by atoms with Gasteiger partial charge in [0, 0.05) is 32.2 Å². The highest BCUT2D eigenvalue weighted by atomic mass is 15.2. The normalized spacial score (nSPS) is 21.5. The molecule has 1 saturated heterocycles. The fraction of sp³-hybridized carbons (Fsp3) is 0.474. The first kappa shape index (κ1) is 14.6. The van der Waals surface area contributed by atoms with Crippen LogP contribution in [0.4, 0.5) is 0 Å². The van der Waals surface area contributed by atoms with E-state index < -0.39 is 0 Å². The van der Waals surface area contributed by atoms with Gasteiger partial charge in [-0.25, -0.2) is 0 Å². The lowest BCUT2D eigenvalue weighted by Gasteiger charge is -2.39. The van der Waals surface area contributed by atoms with Crippen LogP contribution in [-0.4, -0.2) is 30.6 Å². The van der Waals surface area contributed by atoms with Gasteiger partial charge in [-0.05, 0) is 22.3 Å². The van der Waals surface area contributed by atoms with Gasteiger partial charge >= 0.3 is 0 Å². The van der Waals surface area contributed by atoms with Crippen LogP contribution in [0.15, 0.2) is 42.5 Å². The third kappa shape index (κ3) is 3.12. The summed E-state index contributed by atoms with van der Waals surface area (Å²) in [5.41, 5.74) is 1.46. The molecule has 2 nitrogen and oxygen atoms in total. The Balaban J connectivity index is 1.86. The zero-order valence-corrected chi connectivity index (χ0v) is 13.2. The summed E-state index contributed by atoms with van der Waals surface area (Å²) >= 11 is 0. The smallest absolute Gasteiger partial charge is 0.0250 e. The summed E-state index contributed by atoms with van der Waals surface area (Å²) in [6.45, 7) is 9.14. The second-order valence-corrected chi connectivity index (χ2v) is 6.27. The van der Waals surface area contributed by atoms with E-state index in [0.717, 1.165) is 32.1 Å². The lowest BCUT2D eigenvalue weighted by Crippen LogP contribution is -2.53. The third-order valence-electron chi connectivity index (χ3n) is 4.95. The molecule has 0 aromatic heterocycles. The maximum atomic E-state index is 3.56. The summed E-state index contributed by atoms with van der Waals surface area (Å²) in [6.07, 6.45) is 1.25. The first-order valence-corrected chi connectivity index (χ1v) is 8.21. The molecule has 0 amide bonds. The number of rotatable bonds is 4. The Morgan fingerprint density at radius 2 is 2.00 bits per heavy atom. The quantitative estimate of drug-likeness (QED) is 0.920. The Hall–Kier alpha value is -1.38. The minimum absolute atomic E-state index is 0.655. The second-order valence-electron chi connectivity index (χ2n) is 6.27. The average molecular weight is 282 g/mol. The molecule has 0 aliphatic carbocycles. The highest BCUT2D eigenvalue weighted by Gasteiger charge is 2.26. The third-order valence-corrected chi connectivity index (χ3v) is 4.95. The Morgan fingerprint density at radius 3 is 2.86 bits per heavy atom. The molecular formula is C19H26N2. The molecule has 0 saturated carbocycles. The van der Waals surface area contributed by atoms with Crippen LogP contribution in [0.25, 0.3) is 10.8 Å². The number of piperazine rings is 1. The Bertz CT molecular complexity index is 588. The van der Waals surface area contributed by atoms with Gasteiger partial charge < -0.3 is 5.32 Å². The van der Waals surface area contributed by atoms with Gasteiger partial charge in [-0.3, -0.25) is 4.90 Å². The molecule has 21 heavy (non-hydrogen) atoms. The van der Waals surface area contributed by atoms with Crippen LogP contribution in [-0.2, 0) is 6.54 Å². The van der Waals surface area contributed by atoms with Gasteiger partial charge in [0.1, 0.15) is 0 Å². The molecule has 112 valence electrons. The topological polar surface area (TPSA) is 15.3 Å². The van der Waals surface area contributed by atoms with Crippen molar-refractivity contribution in [3.05, 3.63) is 48.0 Å². The number of hydrogen-bond donors (Lipinski definition) is 1. The molecule has 3 rings (SSSR count). The predicted molar refractivity (Wildman–Crippen MR) is 90.5 cm³/mol. The molecule has 1 fully saturated rings. The van der Waals surface area contributed by atoms with Crippen LogP contribution in [0, 0.1) is 5.92 Å². The molecule has 1 aliphatic heterocycles. The van der Waals surface area contributed by atoms with Crippen LogP contribution in [0.5, 0.6) is 0 Å². The van der Waals surface area contributed by atoms with Crippen LogP contribution >= 0.6 is 0 Å². The van der Waals surface area contributed by atoms with Crippen molar-refractivity contribution in [2.45, 2.75) is 32.9 Å². The molecule has 2 unspecified atom stereocenters. The molecule has 0 spiro atoms. The lowest BCUT2D eigenvalue weighted by atomic mass is 9.95. The van der Waals surface area contributed by atoms with Gasteiger partial charge in [-0.2, -0.15) is 0 Å². The van der Waals surface area contributed by atoms with E-state index in [1.54, 1.807) is 0 Å². The van der Waals surface area contributed by atoms with Gasteiger partial charge in [0.15, 0.2) is 0 Å². The molecule has 2 atom stereocenters. The van der Waals surface area contributed by atoms with E-state index in [-0.39, 0.29) is 0 Å². The molecule has 1 N–H and O–H groups in total. The first-order valence-electron chi connectivity index (χ1n) is 8.21. The fourth-order valence-corrected chi connectivity index (χ4v) is 3.45. The van der Waals surface area contributed by atoms with E-state index >= 15 is 0 Å². The van der Waals surface area contributed by atoms with Gasteiger partial charge in [0.05, 0.1) is 0 Å². The summed E-state index contributed by atoms with van der Waals surface area (Å²) in [4.78, 5) is 2.67. The van der Waals surface area contributed by atoms with Crippen LogP contribution in [0.3, 0.4) is 0 Å². The predicted octanol–water partition coefficient (Wildman–Crippen LogP) is 3.66. The zero-order valence-electron chi connectivity index (χ0n) is 13.2. The summed E-state index contributed by atoms with van der Waals surface area (Å²) < 4.78 is 0. The first-order chi connectivity index (χ1) is 10.3. The van der Waals surface area contributed by atoms with Crippen LogP contribution in [0.2, 0.25) is 0 Å². The maximum Gasteiger partial charge on any atom is 0.0250 e. The zero-order chi connectivity index (χ0) is 14.7. The Labute approximate surface area is 128 Å². The van der Waals surface area contributed by atoms with Crippen molar-refractivity contribution in [1.82, 2.24) is 10.2 Å². The molecule has 1 aliphatic rings. The van der Waals surface area contributed by atoms with E-state index in [9.17, 15) is 0 Å². The molecule has 2 heteroatoms. The molecule has 0 bridgehead atoms. The van der Waals surface area contributed by atoms with Gasteiger partial charge in [0.2, 0.25) is 0 Å². The van der Waals surface area contributed by atoms with Gasteiger partial charge in [0.25, 0.3) is 0 Å². The van der Waals surface area contributed by atoms with Gasteiger partial charge in [-0.15, -0.1) is 0 Å². The number of hydrogen-bond acceptors (Lipinski definition) is 2. The largest absolute Gasteiger partial charge is 0.314 e. The van der Waals surface area contributed by atoms with Crippen molar-refractivity contribution in [3.63, 3.8) is 0 Å². The Kier molecular flexibility index (Phi) is 4.57.